The van der Waals surface area contributed by atoms with Crippen LogP contribution >= 0.6 is 0 Å². The Bertz CT molecular complexity index is 576. The highest BCUT2D eigenvalue weighted by Gasteiger charge is 2.28. The Morgan fingerprint density at radius 1 is 1.35 bits per heavy atom. The molecule has 6 heteroatoms. The van der Waals surface area contributed by atoms with E-state index in [0.717, 1.165) is 0 Å². The molecule has 1 aliphatic carbocycles. The maximum Gasteiger partial charge on any atom is 0.335 e. The molecule has 1 aromatic rings. The van der Waals surface area contributed by atoms with Gasteiger partial charge in [-0.05, 0) is 42.4 Å². The fourth-order valence-electron chi connectivity index (χ4n) is 2.10. The Morgan fingerprint density at radius 3 is 2.45 bits per heavy atom. The van der Waals surface area contributed by atoms with Gasteiger partial charge in [-0.3, -0.25) is 0 Å². The van der Waals surface area contributed by atoms with E-state index in [1.807, 2.05) is 0 Å². The monoisotopic (exact) mass is 297 g/mol. The lowest BCUT2D eigenvalue weighted by atomic mass is 10.1. The molecular formula is C14H19NO4S. The maximum atomic E-state index is 11.9. The molecule has 1 atom stereocenters. The van der Waals surface area contributed by atoms with E-state index < -0.39 is 16.0 Å². The van der Waals surface area contributed by atoms with Crippen molar-refractivity contribution in [3.8, 4) is 0 Å². The van der Waals surface area contributed by atoms with E-state index in [4.69, 9.17) is 5.11 Å². The van der Waals surface area contributed by atoms with E-state index in [0.29, 0.717) is 23.9 Å². The molecule has 0 bridgehead atoms. The number of carboxylic acid groups (broad SMARTS) is 1. The predicted octanol–water partition coefficient (Wildman–Crippen LogP) is 1.85. The molecule has 2 rings (SSSR count). The first-order chi connectivity index (χ1) is 9.37. The van der Waals surface area contributed by atoms with Crippen LogP contribution in [0.1, 0.15) is 35.7 Å². The summed E-state index contributed by atoms with van der Waals surface area (Å²) in [6.45, 7) is 2.53. The van der Waals surface area contributed by atoms with Crippen LogP contribution < -0.4 is 4.72 Å². The van der Waals surface area contributed by atoms with Crippen LogP contribution in [0.4, 0.5) is 0 Å². The number of benzene rings is 1. The highest BCUT2D eigenvalue weighted by molar-refractivity contribution is 7.88. The molecule has 110 valence electrons. The Hall–Kier alpha value is -1.40. The van der Waals surface area contributed by atoms with Crippen molar-refractivity contribution >= 4 is 16.0 Å². The predicted molar refractivity (Wildman–Crippen MR) is 75.9 cm³/mol. The van der Waals surface area contributed by atoms with Crippen LogP contribution in [-0.2, 0) is 15.8 Å². The van der Waals surface area contributed by atoms with Crippen molar-refractivity contribution in [3.63, 3.8) is 0 Å². The third-order valence-corrected chi connectivity index (χ3v) is 4.93. The Morgan fingerprint density at radius 2 is 1.95 bits per heavy atom. The fourth-order valence-corrected chi connectivity index (χ4v) is 3.35. The van der Waals surface area contributed by atoms with Crippen molar-refractivity contribution in [2.24, 2.45) is 11.8 Å². The number of rotatable bonds is 7. The highest BCUT2D eigenvalue weighted by atomic mass is 32.2. The van der Waals surface area contributed by atoms with Crippen LogP contribution in [0, 0.1) is 11.8 Å². The average molecular weight is 297 g/mol. The highest BCUT2D eigenvalue weighted by Crippen LogP contribution is 2.36. The van der Waals surface area contributed by atoms with Crippen molar-refractivity contribution in [2.75, 3.05) is 6.54 Å². The molecule has 0 heterocycles. The molecule has 1 saturated carbocycles. The first kappa shape index (κ1) is 15.0. The van der Waals surface area contributed by atoms with E-state index in [9.17, 15) is 13.2 Å². The Labute approximate surface area is 119 Å². The fraction of sp³-hybridized carbons (Fsp3) is 0.500. The van der Waals surface area contributed by atoms with Gasteiger partial charge in [0.05, 0.1) is 11.3 Å². The van der Waals surface area contributed by atoms with E-state index in [1.54, 1.807) is 0 Å². The molecule has 0 amide bonds. The molecule has 1 fully saturated rings. The van der Waals surface area contributed by atoms with E-state index in [1.165, 1.54) is 37.1 Å². The summed E-state index contributed by atoms with van der Waals surface area (Å²) in [6, 6.07) is 5.90. The molecule has 20 heavy (non-hydrogen) atoms. The van der Waals surface area contributed by atoms with Crippen molar-refractivity contribution < 1.29 is 18.3 Å². The largest absolute Gasteiger partial charge is 0.478 e. The number of hydrogen-bond donors (Lipinski definition) is 2. The molecule has 0 aromatic heterocycles. The Kier molecular flexibility index (Phi) is 4.45. The minimum atomic E-state index is -3.37. The van der Waals surface area contributed by atoms with E-state index >= 15 is 0 Å². The van der Waals surface area contributed by atoms with Crippen LogP contribution in [-0.4, -0.2) is 26.0 Å². The second-order valence-corrected chi connectivity index (χ2v) is 7.23. The second kappa shape index (κ2) is 5.93. The lowest BCUT2D eigenvalue weighted by Gasteiger charge is -2.12. The summed E-state index contributed by atoms with van der Waals surface area (Å²) in [4.78, 5) is 10.7. The zero-order valence-electron chi connectivity index (χ0n) is 11.4. The SMILES string of the molecule is CC(CNS(=O)(=O)Cc1ccc(C(=O)O)cc1)C1CC1. The third-order valence-electron chi connectivity index (χ3n) is 3.61. The summed E-state index contributed by atoms with van der Waals surface area (Å²) in [5.41, 5.74) is 0.739. The lowest BCUT2D eigenvalue weighted by Crippen LogP contribution is -2.30. The minimum absolute atomic E-state index is 0.121. The molecule has 1 unspecified atom stereocenters. The van der Waals surface area contributed by atoms with Gasteiger partial charge in [0.15, 0.2) is 0 Å². The number of aromatic carboxylic acids is 1. The van der Waals surface area contributed by atoms with Gasteiger partial charge in [-0.1, -0.05) is 19.1 Å². The third kappa shape index (κ3) is 4.31. The van der Waals surface area contributed by atoms with Gasteiger partial charge in [0.1, 0.15) is 0 Å². The van der Waals surface area contributed by atoms with Crippen LogP contribution in [0.25, 0.3) is 0 Å². The van der Waals surface area contributed by atoms with Crippen molar-refractivity contribution in [3.05, 3.63) is 35.4 Å². The van der Waals surface area contributed by atoms with Crippen LogP contribution in [0.2, 0.25) is 0 Å². The molecular weight excluding hydrogens is 278 g/mol. The zero-order valence-corrected chi connectivity index (χ0v) is 12.2. The molecule has 1 aromatic carbocycles. The molecule has 0 aliphatic heterocycles. The average Bonchev–Trinajstić information content (AvgIpc) is 3.20. The normalized spacial score (nSPS) is 16.9. The number of carbonyl (C=O) groups is 1. The van der Waals surface area contributed by atoms with Gasteiger partial charge in [-0.2, -0.15) is 0 Å². The topological polar surface area (TPSA) is 83.5 Å². The first-order valence-electron chi connectivity index (χ1n) is 6.67. The number of hydrogen-bond acceptors (Lipinski definition) is 3. The van der Waals surface area contributed by atoms with Gasteiger partial charge in [-0.15, -0.1) is 0 Å². The van der Waals surface area contributed by atoms with Gasteiger partial charge in [0.25, 0.3) is 0 Å². The summed E-state index contributed by atoms with van der Waals surface area (Å²) < 4.78 is 26.5. The van der Waals surface area contributed by atoms with Gasteiger partial charge in [0, 0.05) is 6.54 Å². The van der Waals surface area contributed by atoms with Gasteiger partial charge in [0.2, 0.25) is 10.0 Å². The number of nitrogens with one attached hydrogen (secondary N) is 1. The molecule has 0 radical (unpaired) electrons. The van der Waals surface area contributed by atoms with Crippen molar-refractivity contribution in [1.29, 1.82) is 0 Å². The minimum Gasteiger partial charge on any atom is -0.478 e. The summed E-state index contributed by atoms with van der Waals surface area (Å²) >= 11 is 0. The molecule has 0 saturated heterocycles. The molecule has 0 spiro atoms. The van der Waals surface area contributed by atoms with Gasteiger partial charge < -0.3 is 5.11 Å². The van der Waals surface area contributed by atoms with Gasteiger partial charge in [-0.25, -0.2) is 17.9 Å². The first-order valence-corrected chi connectivity index (χ1v) is 8.32. The van der Waals surface area contributed by atoms with Crippen LogP contribution in [0.5, 0.6) is 0 Å². The number of carboxylic acids is 1. The van der Waals surface area contributed by atoms with Crippen molar-refractivity contribution in [1.82, 2.24) is 4.72 Å². The van der Waals surface area contributed by atoms with Crippen LogP contribution in [0.3, 0.4) is 0 Å². The molecule has 2 N–H and O–H groups in total. The summed E-state index contributed by atoms with van der Waals surface area (Å²) in [5, 5.41) is 8.78. The van der Waals surface area contributed by atoms with Crippen molar-refractivity contribution in [2.45, 2.75) is 25.5 Å². The standard InChI is InChI=1S/C14H19NO4S/c1-10(12-6-7-12)8-15-20(18,19)9-11-2-4-13(5-3-11)14(16)17/h2-5,10,12,15H,6-9H2,1H3,(H,16,17). The summed E-state index contributed by atoms with van der Waals surface area (Å²) in [7, 11) is -3.37. The van der Waals surface area contributed by atoms with Gasteiger partial charge >= 0.3 is 5.97 Å². The number of sulfonamides is 1. The summed E-state index contributed by atoms with van der Waals surface area (Å²) in [6.07, 6.45) is 2.39. The smallest absolute Gasteiger partial charge is 0.335 e. The van der Waals surface area contributed by atoms with Crippen LogP contribution in [0.15, 0.2) is 24.3 Å². The summed E-state index contributed by atoms with van der Waals surface area (Å²) in [5.74, 6) is -0.105. The molecule has 5 nitrogen and oxygen atoms in total. The second-order valence-electron chi connectivity index (χ2n) is 5.42. The molecule has 1 aliphatic rings. The quantitative estimate of drug-likeness (QED) is 0.804. The lowest BCUT2D eigenvalue weighted by molar-refractivity contribution is 0.0697. The van der Waals surface area contributed by atoms with E-state index in [2.05, 4.69) is 11.6 Å². The Balaban J connectivity index is 1.91. The zero-order chi connectivity index (χ0) is 14.8. The van der Waals surface area contributed by atoms with E-state index in [-0.39, 0.29) is 11.3 Å². The maximum absolute atomic E-state index is 11.9.